The van der Waals surface area contributed by atoms with Gasteiger partial charge in [-0.1, -0.05) is 26.3 Å². The van der Waals surface area contributed by atoms with Crippen molar-refractivity contribution in [2.24, 2.45) is 11.8 Å². The number of likely N-dealkylation sites (tertiary alicyclic amines) is 1. The van der Waals surface area contributed by atoms with Gasteiger partial charge in [0.2, 0.25) is 5.91 Å². The minimum Gasteiger partial charge on any atom is -0.343 e. The summed E-state index contributed by atoms with van der Waals surface area (Å²) in [5.74, 6) is 1.12. The molecule has 1 fully saturated rings. The van der Waals surface area contributed by atoms with Gasteiger partial charge >= 0.3 is 5.69 Å². The molecule has 1 amide bonds. The van der Waals surface area contributed by atoms with Gasteiger partial charge in [-0.3, -0.25) is 4.79 Å². The average molecular weight is 415 g/mol. The highest BCUT2D eigenvalue weighted by Crippen LogP contribution is 2.21. The standard InChI is InChI=1S/C23H31FN4O2/c1-4-6-21-25-27(23(30)28(21)20-9-7-19(24)8-10-20)16-18-11-13-26(14-12-18)22(29)15-17(3)5-2/h4,6-10,17-18H,5,11-16H2,1-3H3/b6-4+. The molecular weight excluding hydrogens is 383 g/mol. The van der Waals surface area contributed by atoms with Crippen molar-refractivity contribution >= 4 is 12.0 Å². The van der Waals surface area contributed by atoms with E-state index in [4.69, 9.17) is 0 Å². The van der Waals surface area contributed by atoms with E-state index in [9.17, 15) is 14.0 Å². The van der Waals surface area contributed by atoms with E-state index < -0.39 is 0 Å². The minimum atomic E-state index is -0.346. The molecule has 0 N–H and O–H groups in total. The van der Waals surface area contributed by atoms with Gasteiger partial charge in [-0.2, -0.15) is 0 Å². The van der Waals surface area contributed by atoms with Crippen molar-refractivity contribution in [3.05, 3.63) is 52.5 Å². The third-order valence-electron chi connectivity index (χ3n) is 5.88. The Balaban J connectivity index is 1.71. The molecule has 30 heavy (non-hydrogen) atoms. The first kappa shape index (κ1) is 22.0. The fraction of sp³-hybridized carbons (Fsp3) is 0.522. The number of benzene rings is 1. The molecule has 162 valence electrons. The molecule has 3 rings (SSSR count). The lowest BCUT2D eigenvalue weighted by atomic mass is 9.95. The topological polar surface area (TPSA) is 60.1 Å². The first-order valence-corrected chi connectivity index (χ1v) is 10.8. The Kier molecular flexibility index (Phi) is 7.24. The van der Waals surface area contributed by atoms with Crippen LogP contribution in [0.4, 0.5) is 4.39 Å². The number of rotatable bonds is 7. The van der Waals surface area contributed by atoms with Crippen LogP contribution < -0.4 is 5.69 Å². The second kappa shape index (κ2) is 9.87. The van der Waals surface area contributed by atoms with Gasteiger partial charge in [0, 0.05) is 26.1 Å². The van der Waals surface area contributed by atoms with Crippen LogP contribution in [0.2, 0.25) is 0 Å². The highest BCUT2D eigenvalue weighted by Gasteiger charge is 2.25. The smallest absolute Gasteiger partial charge is 0.343 e. The van der Waals surface area contributed by atoms with Gasteiger partial charge in [-0.05, 0) is 61.9 Å². The van der Waals surface area contributed by atoms with Crippen LogP contribution in [0, 0.1) is 17.7 Å². The van der Waals surface area contributed by atoms with E-state index in [2.05, 4.69) is 18.9 Å². The Hall–Kier alpha value is -2.70. The van der Waals surface area contributed by atoms with Crippen molar-refractivity contribution in [3.63, 3.8) is 0 Å². The fourth-order valence-electron chi connectivity index (χ4n) is 3.81. The van der Waals surface area contributed by atoms with Crippen molar-refractivity contribution in [1.29, 1.82) is 0 Å². The summed E-state index contributed by atoms with van der Waals surface area (Å²) >= 11 is 0. The Bertz CT molecular complexity index is 937. The van der Waals surface area contributed by atoms with Gasteiger partial charge in [0.1, 0.15) is 5.82 Å². The molecule has 2 heterocycles. The Morgan fingerprint density at radius 1 is 1.27 bits per heavy atom. The molecule has 6 nitrogen and oxygen atoms in total. The number of carbonyl (C=O) groups is 1. The van der Waals surface area contributed by atoms with Crippen molar-refractivity contribution in [1.82, 2.24) is 19.2 Å². The number of hydrogen-bond acceptors (Lipinski definition) is 3. The molecule has 2 aromatic rings. The summed E-state index contributed by atoms with van der Waals surface area (Å²) in [5.41, 5.74) is 0.358. The van der Waals surface area contributed by atoms with Gasteiger partial charge < -0.3 is 4.90 Å². The maximum atomic E-state index is 13.3. The van der Waals surface area contributed by atoms with Gasteiger partial charge in [0.05, 0.1) is 5.69 Å². The average Bonchev–Trinajstić information content (AvgIpc) is 3.04. The molecule has 1 unspecified atom stereocenters. The molecule has 0 aliphatic carbocycles. The molecule has 7 heteroatoms. The Morgan fingerprint density at radius 3 is 2.53 bits per heavy atom. The number of amides is 1. The van der Waals surface area contributed by atoms with Crippen molar-refractivity contribution in [3.8, 4) is 5.69 Å². The number of aromatic nitrogens is 3. The summed E-state index contributed by atoms with van der Waals surface area (Å²) in [4.78, 5) is 27.4. The Labute approximate surface area is 177 Å². The van der Waals surface area contributed by atoms with Crippen molar-refractivity contribution < 1.29 is 9.18 Å². The second-order valence-electron chi connectivity index (χ2n) is 8.18. The maximum Gasteiger partial charge on any atom is 0.350 e. The number of hydrogen-bond donors (Lipinski definition) is 0. The van der Waals surface area contributed by atoms with Gasteiger partial charge in [0.25, 0.3) is 0 Å². The van der Waals surface area contributed by atoms with E-state index >= 15 is 0 Å². The predicted octanol–water partition coefficient (Wildman–Crippen LogP) is 3.88. The van der Waals surface area contributed by atoms with Crippen LogP contribution in [0.5, 0.6) is 0 Å². The molecule has 1 atom stereocenters. The summed E-state index contributed by atoms with van der Waals surface area (Å²) in [6, 6.07) is 5.84. The van der Waals surface area contributed by atoms with Crippen LogP contribution in [0.25, 0.3) is 11.8 Å². The summed E-state index contributed by atoms with van der Waals surface area (Å²) < 4.78 is 16.3. The van der Waals surface area contributed by atoms with Gasteiger partial charge in [-0.25, -0.2) is 18.4 Å². The number of carbonyl (C=O) groups excluding carboxylic acids is 1. The van der Waals surface area contributed by atoms with Crippen LogP contribution in [0.3, 0.4) is 0 Å². The lowest BCUT2D eigenvalue weighted by Crippen LogP contribution is -2.40. The monoisotopic (exact) mass is 414 g/mol. The molecule has 1 aromatic carbocycles. The predicted molar refractivity (Wildman–Crippen MR) is 116 cm³/mol. The largest absolute Gasteiger partial charge is 0.350 e. The number of nitrogens with zero attached hydrogens (tertiary/aromatic N) is 4. The first-order chi connectivity index (χ1) is 14.4. The molecule has 1 aliphatic rings. The van der Waals surface area contributed by atoms with Crippen LogP contribution in [-0.2, 0) is 11.3 Å². The van der Waals surface area contributed by atoms with E-state index in [0.29, 0.717) is 36.3 Å². The van der Waals surface area contributed by atoms with Crippen molar-refractivity contribution in [2.75, 3.05) is 13.1 Å². The summed E-state index contributed by atoms with van der Waals surface area (Å²) in [5, 5.41) is 4.50. The van der Waals surface area contributed by atoms with E-state index in [1.54, 1.807) is 18.2 Å². The van der Waals surface area contributed by atoms with E-state index in [0.717, 1.165) is 32.4 Å². The van der Waals surface area contributed by atoms with Crippen LogP contribution in [0.1, 0.15) is 52.3 Å². The normalized spacial score (nSPS) is 16.3. The molecule has 0 radical (unpaired) electrons. The quantitative estimate of drug-likeness (QED) is 0.691. The molecule has 1 saturated heterocycles. The summed E-state index contributed by atoms with van der Waals surface area (Å²) in [6.07, 6.45) is 6.94. The van der Waals surface area contributed by atoms with Crippen molar-refractivity contribution in [2.45, 2.75) is 53.0 Å². The van der Waals surface area contributed by atoms with Crippen LogP contribution >= 0.6 is 0 Å². The van der Waals surface area contributed by atoms with Crippen LogP contribution in [-0.4, -0.2) is 38.2 Å². The molecule has 1 aliphatic heterocycles. The zero-order valence-electron chi connectivity index (χ0n) is 18.1. The second-order valence-corrected chi connectivity index (χ2v) is 8.18. The minimum absolute atomic E-state index is 0.231. The van der Waals surface area contributed by atoms with E-state index in [-0.39, 0.29) is 17.4 Å². The molecular formula is C23H31FN4O2. The molecule has 1 aromatic heterocycles. The highest BCUT2D eigenvalue weighted by atomic mass is 19.1. The highest BCUT2D eigenvalue weighted by molar-refractivity contribution is 5.76. The molecule has 0 spiro atoms. The third kappa shape index (κ3) is 5.07. The summed E-state index contributed by atoms with van der Waals surface area (Å²) in [6.45, 7) is 8.06. The van der Waals surface area contributed by atoms with Crippen LogP contribution in [0.15, 0.2) is 35.1 Å². The van der Waals surface area contributed by atoms with Gasteiger partial charge in [0.15, 0.2) is 5.82 Å². The van der Waals surface area contributed by atoms with Gasteiger partial charge in [-0.15, -0.1) is 5.10 Å². The molecule has 0 bridgehead atoms. The number of allylic oxidation sites excluding steroid dienone is 1. The lowest BCUT2D eigenvalue weighted by molar-refractivity contribution is -0.133. The Morgan fingerprint density at radius 2 is 1.93 bits per heavy atom. The third-order valence-corrected chi connectivity index (χ3v) is 5.88. The fourth-order valence-corrected chi connectivity index (χ4v) is 3.81. The number of halogens is 1. The zero-order chi connectivity index (χ0) is 21.7. The zero-order valence-corrected chi connectivity index (χ0v) is 18.1. The maximum absolute atomic E-state index is 13.3. The summed E-state index contributed by atoms with van der Waals surface area (Å²) in [7, 11) is 0. The van der Waals surface area contributed by atoms with E-state index in [1.807, 2.05) is 17.9 Å². The number of piperidine rings is 1. The molecule has 0 saturated carbocycles. The SMILES string of the molecule is C/C=C/c1nn(CC2CCN(C(=O)CC(C)CC)CC2)c(=O)n1-c1ccc(F)cc1. The first-order valence-electron chi connectivity index (χ1n) is 10.8. The van der Waals surface area contributed by atoms with E-state index in [1.165, 1.54) is 21.4 Å². The lowest BCUT2D eigenvalue weighted by Gasteiger charge is -2.32.